The minimum Gasteiger partial charge on any atom is -0.297 e. The van der Waals surface area contributed by atoms with Crippen LogP contribution in [0.15, 0.2) is 54.6 Å². The third-order valence-electron chi connectivity index (χ3n) is 3.11. The number of benzene rings is 2. The summed E-state index contributed by atoms with van der Waals surface area (Å²) in [7, 11) is 0. The largest absolute Gasteiger partial charge is 0.297 e. The van der Waals surface area contributed by atoms with Gasteiger partial charge in [0.15, 0.2) is 0 Å². The minimum absolute atomic E-state index is 0.580. The SMILES string of the molecule is CC(C)c1ccc(CNOCc2ccccc2)cc1. The Balaban J connectivity index is 1.74. The fourth-order valence-corrected chi connectivity index (χ4v) is 1.86. The van der Waals surface area contributed by atoms with Crippen molar-refractivity contribution in [2.24, 2.45) is 0 Å². The first-order chi connectivity index (χ1) is 9.25. The Morgan fingerprint density at radius 3 is 2.21 bits per heavy atom. The molecule has 2 rings (SSSR count). The van der Waals surface area contributed by atoms with Gasteiger partial charge in [-0.2, -0.15) is 5.48 Å². The summed E-state index contributed by atoms with van der Waals surface area (Å²) < 4.78 is 0. The van der Waals surface area contributed by atoms with Gasteiger partial charge >= 0.3 is 0 Å². The summed E-state index contributed by atoms with van der Waals surface area (Å²) in [6, 6.07) is 18.8. The smallest absolute Gasteiger partial charge is 0.0933 e. The molecule has 0 saturated heterocycles. The van der Waals surface area contributed by atoms with E-state index >= 15 is 0 Å². The van der Waals surface area contributed by atoms with E-state index in [4.69, 9.17) is 4.84 Å². The molecule has 0 amide bonds. The molecule has 0 atom stereocenters. The van der Waals surface area contributed by atoms with Crippen molar-refractivity contribution >= 4 is 0 Å². The standard InChI is InChI=1S/C17H21NO/c1-14(2)17-10-8-15(9-11-17)12-18-19-13-16-6-4-3-5-7-16/h3-11,14,18H,12-13H2,1-2H3. The van der Waals surface area contributed by atoms with Gasteiger partial charge < -0.3 is 0 Å². The first-order valence-corrected chi connectivity index (χ1v) is 6.73. The first-order valence-electron chi connectivity index (χ1n) is 6.73. The molecule has 100 valence electrons. The molecular weight excluding hydrogens is 234 g/mol. The molecular formula is C17H21NO. The van der Waals surface area contributed by atoms with Gasteiger partial charge in [0.05, 0.1) is 6.61 Å². The molecule has 0 unspecified atom stereocenters. The number of hydrogen-bond donors (Lipinski definition) is 1. The Morgan fingerprint density at radius 2 is 1.58 bits per heavy atom. The minimum atomic E-state index is 0.580. The average molecular weight is 255 g/mol. The highest BCUT2D eigenvalue weighted by Gasteiger charge is 1.99. The lowest BCUT2D eigenvalue weighted by Gasteiger charge is -2.08. The molecule has 0 aliphatic carbocycles. The van der Waals surface area contributed by atoms with Crippen molar-refractivity contribution in [1.82, 2.24) is 5.48 Å². The van der Waals surface area contributed by atoms with E-state index in [0.717, 1.165) is 6.54 Å². The van der Waals surface area contributed by atoms with Crippen LogP contribution < -0.4 is 5.48 Å². The molecule has 0 aromatic heterocycles. The van der Waals surface area contributed by atoms with Gasteiger partial charge in [0.25, 0.3) is 0 Å². The highest BCUT2D eigenvalue weighted by molar-refractivity contribution is 5.24. The highest BCUT2D eigenvalue weighted by atomic mass is 16.6. The normalized spacial score (nSPS) is 10.9. The topological polar surface area (TPSA) is 21.3 Å². The quantitative estimate of drug-likeness (QED) is 0.621. The lowest BCUT2D eigenvalue weighted by atomic mass is 10.0. The molecule has 2 heteroatoms. The zero-order valence-electron chi connectivity index (χ0n) is 11.6. The molecule has 2 aromatic rings. The molecule has 0 aliphatic rings. The summed E-state index contributed by atoms with van der Waals surface area (Å²) in [6.45, 7) is 5.72. The zero-order chi connectivity index (χ0) is 13.5. The Kier molecular flexibility index (Phi) is 5.13. The Labute approximate surface area is 115 Å². The number of rotatable bonds is 6. The van der Waals surface area contributed by atoms with Crippen LogP contribution in [0.25, 0.3) is 0 Å². The fraction of sp³-hybridized carbons (Fsp3) is 0.294. The summed E-state index contributed by atoms with van der Waals surface area (Å²) in [6.07, 6.45) is 0. The van der Waals surface area contributed by atoms with Crippen LogP contribution in [0.5, 0.6) is 0 Å². The fourth-order valence-electron chi connectivity index (χ4n) is 1.86. The van der Waals surface area contributed by atoms with E-state index in [2.05, 4.69) is 55.7 Å². The summed E-state index contributed by atoms with van der Waals surface area (Å²) in [5.74, 6) is 0.580. The molecule has 19 heavy (non-hydrogen) atoms. The van der Waals surface area contributed by atoms with Crippen molar-refractivity contribution in [3.05, 3.63) is 71.3 Å². The van der Waals surface area contributed by atoms with Gasteiger partial charge in [-0.3, -0.25) is 4.84 Å². The van der Waals surface area contributed by atoms with Crippen LogP contribution in [-0.4, -0.2) is 0 Å². The monoisotopic (exact) mass is 255 g/mol. The van der Waals surface area contributed by atoms with Crippen molar-refractivity contribution in [2.75, 3.05) is 0 Å². The third-order valence-corrected chi connectivity index (χ3v) is 3.11. The Hall–Kier alpha value is -1.64. The van der Waals surface area contributed by atoms with Gasteiger partial charge in [0, 0.05) is 6.54 Å². The average Bonchev–Trinajstić information content (AvgIpc) is 2.45. The lowest BCUT2D eigenvalue weighted by Crippen LogP contribution is -2.13. The molecule has 1 N–H and O–H groups in total. The van der Waals surface area contributed by atoms with E-state index in [0.29, 0.717) is 12.5 Å². The summed E-state index contributed by atoms with van der Waals surface area (Å²) >= 11 is 0. The van der Waals surface area contributed by atoms with Crippen LogP contribution in [0.3, 0.4) is 0 Å². The molecule has 2 aromatic carbocycles. The van der Waals surface area contributed by atoms with Crippen LogP contribution in [0.1, 0.15) is 36.5 Å². The first kappa shape index (κ1) is 13.8. The van der Waals surface area contributed by atoms with E-state index in [9.17, 15) is 0 Å². The lowest BCUT2D eigenvalue weighted by molar-refractivity contribution is 0.0235. The molecule has 0 heterocycles. The second-order valence-electron chi connectivity index (χ2n) is 4.99. The van der Waals surface area contributed by atoms with Gasteiger partial charge in [-0.25, -0.2) is 0 Å². The second-order valence-corrected chi connectivity index (χ2v) is 4.99. The van der Waals surface area contributed by atoms with Gasteiger partial charge in [-0.15, -0.1) is 0 Å². The van der Waals surface area contributed by atoms with Gasteiger partial charge in [0.2, 0.25) is 0 Å². The number of nitrogens with one attached hydrogen (secondary N) is 1. The summed E-state index contributed by atoms with van der Waals surface area (Å²) in [5, 5.41) is 0. The van der Waals surface area contributed by atoms with E-state index in [1.807, 2.05) is 18.2 Å². The van der Waals surface area contributed by atoms with E-state index in [1.54, 1.807) is 0 Å². The predicted molar refractivity (Wildman–Crippen MR) is 78.6 cm³/mol. The third kappa shape index (κ3) is 4.51. The Bertz CT molecular complexity index is 476. The molecule has 2 nitrogen and oxygen atoms in total. The number of hydroxylamine groups is 1. The van der Waals surface area contributed by atoms with E-state index in [1.165, 1.54) is 16.7 Å². The van der Waals surface area contributed by atoms with Gasteiger partial charge in [-0.1, -0.05) is 68.4 Å². The maximum Gasteiger partial charge on any atom is 0.0933 e. The molecule has 0 spiro atoms. The van der Waals surface area contributed by atoms with Crippen molar-refractivity contribution in [2.45, 2.75) is 32.9 Å². The van der Waals surface area contributed by atoms with E-state index in [-0.39, 0.29) is 0 Å². The molecule has 0 radical (unpaired) electrons. The van der Waals surface area contributed by atoms with Crippen LogP contribution >= 0.6 is 0 Å². The van der Waals surface area contributed by atoms with E-state index < -0.39 is 0 Å². The maximum atomic E-state index is 5.45. The Morgan fingerprint density at radius 1 is 0.895 bits per heavy atom. The highest BCUT2D eigenvalue weighted by Crippen LogP contribution is 2.14. The second kappa shape index (κ2) is 7.07. The predicted octanol–water partition coefficient (Wildman–Crippen LogP) is 4.03. The maximum absolute atomic E-state index is 5.45. The molecule has 0 saturated carbocycles. The molecule has 0 aliphatic heterocycles. The van der Waals surface area contributed by atoms with Crippen LogP contribution in [-0.2, 0) is 18.0 Å². The van der Waals surface area contributed by atoms with Crippen LogP contribution in [0, 0.1) is 0 Å². The summed E-state index contributed by atoms with van der Waals surface area (Å²) in [5.41, 5.74) is 6.77. The van der Waals surface area contributed by atoms with Crippen LogP contribution in [0.2, 0.25) is 0 Å². The van der Waals surface area contributed by atoms with Crippen molar-refractivity contribution < 1.29 is 4.84 Å². The molecule has 0 bridgehead atoms. The van der Waals surface area contributed by atoms with Gasteiger partial charge in [0.1, 0.15) is 0 Å². The van der Waals surface area contributed by atoms with Gasteiger partial charge in [-0.05, 0) is 22.6 Å². The summed E-state index contributed by atoms with van der Waals surface area (Å²) in [4.78, 5) is 5.45. The van der Waals surface area contributed by atoms with Crippen molar-refractivity contribution in [3.8, 4) is 0 Å². The zero-order valence-corrected chi connectivity index (χ0v) is 11.6. The van der Waals surface area contributed by atoms with Crippen LogP contribution in [0.4, 0.5) is 0 Å². The molecule has 0 fully saturated rings. The number of hydrogen-bond acceptors (Lipinski definition) is 2. The van der Waals surface area contributed by atoms with Crippen molar-refractivity contribution in [1.29, 1.82) is 0 Å². The van der Waals surface area contributed by atoms with Crippen molar-refractivity contribution in [3.63, 3.8) is 0 Å².